The number of aliphatic hydroxyl groups is 1. The third kappa shape index (κ3) is 5.92. The van der Waals surface area contributed by atoms with Crippen LogP contribution in [0.25, 0.3) is 22.2 Å². The van der Waals surface area contributed by atoms with Crippen LogP contribution in [0.1, 0.15) is 42.1 Å². The summed E-state index contributed by atoms with van der Waals surface area (Å²) in [7, 11) is 1.63. The Morgan fingerprint density at radius 2 is 1.86 bits per heavy atom. The minimum absolute atomic E-state index is 0.119. The van der Waals surface area contributed by atoms with Crippen molar-refractivity contribution in [3.63, 3.8) is 0 Å². The van der Waals surface area contributed by atoms with E-state index in [4.69, 9.17) is 0 Å². The number of pyridine rings is 2. The van der Waals surface area contributed by atoms with Crippen molar-refractivity contribution in [1.82, 2.24) is 25.3 Å². The molecule has 9 nitrogen and oxygen atoms in total. The molecule has 186 valence electrons. The molecular formula is C27H31N7O2. The predicted molar refractivity (Wildman–Crippen MR) is 142 cm³/mol. The number of anilines is 2. The topological polar surface area (TPSA) is 125 Å². The fourth-order valence-corrected chi connectivity index (χ4v) is 3.97. The first kappa shape index (κ1) is 25.0. The molecule has 0 saturated heterocycles. The summed E-state index contributed by atoms with van der Waals surface area (Å²) < 4.78 is 0. The molecule has 1 amide bonds. The minimum atomic E-state index is -0.344. The van der Waals surface area contributed by atoms with Crippen molar-refractivity contribution in [2.75, 3.05) is 30.8 Å². The molecule has 4 N–H and O–H groups in total. The van der Waals surface area contributed by atoms with Gasteiger partial charge in [-0.2, -0.15) is 0 Å². The molecule has 0 fully saturated rings. The molecule has 36 heavy (non-hydrogen) atoms. The molecule has 2 atom stereocenters. The van der Waals surface area contributed by atoms with Gasteiger partial charge in [-0.1, -0.05) is 25.1 Å². The van der Waals surface area contributed by atoms with Gasteiger partial charge in [0.2, 0.25) is 0 Å². The van der Waals surface area contributed by atoms with E-state index in [1.807, 2.05) is 36.4 Å². The highest BCUT2D eigenvalue weighted by Crippen LogP contribution is 2.27. The Labute approximate surface area is 210 Å². The number of carbonyl (C=O) groups excluding carboxylic acids is 1. The average Bonchev–Trinajstić information content (AvgIpc) is 2.91. The highest BCUT2D eigenvalue weighted by atomic mass is 16.3. The fourth-order valence-electron chi connectivity index (χ4n) is 3.97. The predicted octanol–water partition coefficient (Wildman–Crippen LogP) is 3.84. The van der Waals surface area contributed by atoms with E-state index in [1.165, 1.54) is 6.33 Å². The second-order valence-electron chi connectivity index (χ2n) is 8.75. The third-order valence-corrected chi connectivity index (χ3v) is 5.99. The third-order valence-electron chi connectivity index (χ3n) is 5.99. The zero-order valence-corrected chi connectivity index (χ0v) is 20.7. The van der Waals surface area contributed by atoms with Gasteiger partial charge in [0.1, 0.15) is 18.0 Å². The van der Waals surface area contributed by atoms with E-state index in [-0.39, 0.29) is 17.9 Å². The number of para-hydroxylation sites is 1. The fraction of sp³-hybridized carbons (Fsp3) is 0.296. The molecule has 0 saturated carbocycles. The van der Waals surface area contributed by atoms with Gasteiger partial charge >= 0.3 is 0 Å². The van der Waals surface area contributed by atoms with Crippen LogP contribution in [0.4, 0.5) is 11.6 Å². The van der Waals surface area contributed by atoms with Crippen molar-refractivity contribution in [3.05, 3.63) is 72.3 Å². The number of carbonyl (C=O) groups is 1. The van der Waals surface area contributed by atoms with Gasteiger partial charge in [0.05, 0.1) is 22.9 Å². The minimum Gasteiger partial charge on any atom is -0.393 e. The number of benzene rings is 1. The first-order valence-electron chi connectivity index (χ1n) is 12.0. The summed E-state index contributed by atoms with van der Waals surface area (Å²) in [5.41, 5.74) is 4.15. The summed E-state index contributed by atoms with van der Waals surface area (Å²) in [6.07, 6.45) is 5.29. The van der Waals surface area contributed by atoms with Crippen LogP contribution in [0.5, 0.6) is 0 Å². The van der Waals surface area contributed by atoms with Gasteiger partial charge in [0, 0.05) is 55.5 Å². The Kier molecular flexibility index (Phi) is 8.02. The van der Waals surface area contributed by atoms with Gasteiger partial charge in [-0.3, -0.25) is 9.78 Å². The second-order valence-corrected chi connectivity index (χ2v) is 8.75. The standard InChI is InChI=1S/C27H31N7O2/c1-17(20-5-4-6-21-22(27(36)28-3)10-12-30-26(20)21)14-31-25-13-23(33-16-34-25)19-7-8-24(32-15-19)29-11-9-18(2)35/h4-8,10,12-13,15-18,35H,9,11,14H2,1-3H3,(H,28,36)(H,29,32)(H,31,33,34)/t17-,18?/m1/s1. The number of aromatic nitrogens is 4. The number of hydrogen-bond donors (Lipinski definition) is 4. The normalized spacial score (nSPS) is 12.7. The quantitative estimate of drug-likeness (QED) is 0.267. The molecule has 0 aliphatic carbocycles. The smallest absolute Gasteiger partial charge is 0.251 e. The number of amides is 1. The molecule has 0 radical (unpaired) electrons. The van der Waals surface area contributed by atoms with Crippen LogP contribution in [0.2, 0.25) is 0 Å². The van der Waals surface area contributed by atoms with E-state index in [1.54, 1.807) is 32.4 Å². The first-order valence-corrected chi connectivity index (χ1v) is 12.0. The van der Waals surface area contributed by atoms with Crippen LogP contribution in [0, 0.1) is 0 Å². The molecule has 1 aromatic carbocycles. The SMILES string of the molecule is CNC(=O)c1ccnc2c([C@H](C)CNc3cc(-c4ccc(NCCC(C)O)nc4)ncn3)cccc12. The second kappa shape index (κ2) is 11.5. The van der Waals surface area contributed by atoms with Crippen LogP contribution < -0.4 is 16.0 Å². The molecule has 3 heterocycles. The Bertz CT molecular complexity index is 1330. The largest absolute Gasteiger partial charge is 0.393 e. The van der Waals surface area contributed by atoms with Crippen molar-refractivity contribution >= 4 is 28.4 Å². The number of fused-ring (bicyclic) bond motifs is 1. The van der Waals surface area contributed by atoms with Crippen LogP contribution in [-0.4, -0.2) is 57.2 Å². The number of aliphatic hydroxyl groups excluding tert-OH is 1. The van der Waals surface area contributed by atoms with Crippen molar-refractivity contribution in [1.29, 1.82) is 0 Å². The molecule has 1 unspecified atom stereocenters. The summed E-state index contributed by atoms with van der Waals surface area (Å²) in [6.45, 7) is 5.17. The van der Waals surface area contributed by atoms with E-state index in [9.17, 15) is 9.90 Å². The van der Waals surface area contributed by atoms with Crippen molar-refractivity contribution in [2.24, 2.45) is 0 Å². The maximum Gasteiger partial charge on any atom is 0.251 e. The Balaban J connectivity index is 1.45. The molecule has 0 aliphatic heterocycles. The van der Waals surface area contributed by atoms with Crippen molar-refractivity contribution in [2.45, 2.75) is 32.3 Å². The van der Waals surface area contributed by atoms with Gasteiger partial charge < -0.3 is 21.1 Å². The Morgan fingerprint density at radius 3 is 2.61 bits per heavy atom. The lowest BCUT2D eigenvalue weighted by molar-refractivity contribution is 0.0964. The molecular weight excluding hydrogens is 454 g/mol. The van der Waals surface area contributed by atoms with Crippen LogP contribution in [-0.2, 0) is 0 Å². The van der Waals surface area contributed by atoms with Crippen LogP contribution in [0.15, 0.2) is 61.2 Å². The summed E-state index contributed by atoms with van der Waals surface area (Å²) >= 11 is 0. The van der Waals surface area contributed by atoms with Gasteiger partial charge in [-0.05, 0) is 37.1 Å². The number of hydrogen-bond acceptors (Lipinski definition) is 8. The van der Waals surface area contributed by atoms with Crippen molar-refractivity contribution < 1.29 is 9.90 Å². The molecule has 4 rings (SSSR count). The van der Waals surface area contributed by atoms with E-state index in [2.05, 4.69) is 42.8 Å². The molecule has 9 heteroatoms. The first-order chi connectivity index (χ1) is 17.5. The summed E-state index contributed by atoms with van der Waals surface area (Å²) in [5.74, 6) is 1.46. The Morgan fingerprint density at radius 1 is 1.00 bits per heavy atom. The molecule has 3 aromatic heterocycles. The summed E-state index contributed by atoms with van der Waals surface area (Å²) in [4.78, 5) is 30.0. The van der Waals surface area contributed by atoms with Gasteiger partial charge in [0.25, 0.3) is 5.91 Å². The Hall–Kier alpha value is -4.11. The lowest BCUT2D eigenvalue weighted by Gasteiger charge is -2.16. The number of rotatable bonds is 10. The lowest BCUT2D eigenvalue weighted by atomic mass is 9.96. The van der Waals surface area contributed by atoms with Crippen LogP contribution in [0.3, 0.4) is 0 Å². The molecule has 0 aliphatic rings. The maximum absolute atomic E-state index is 12.3. The highest BCUT2D eigenvalue weighted by molar-refractivity contribution is 6.06. The van der Waals surface area contributed by atoms with Gasteiger partial charge in [-0.15, -0.1) is 0 Å². The summed E-state index contributed by atoms with van der Waals surface area (Å²) in [5, 5.41) is 19.5. The van der Waals surface area contributed by atoms with E-state index >= 15 is 0 Å². The van der Waals surface area contributed by atoms with Gasteiger partial charge in [-0.25, -0.2) is 15.0 Å². The zero-order valence-electron chi connectivity index (χ0n) is 20.7. The number of nitrogens with zero attached hydrogens (tertiary/aromatic N) is 4. The monoisotopic (exact) mass is 485 g/mol. The average molecular weight is 486 g/mol. The highest BCUT2D eigenvalue weighted by Gasteiger charge is 2.15. The summed E-state index contributed by atoms with van der Waals surface area (Å²) in [6, 6.07) is 13.4. The van der Waals surface area contributed by atoms with E-state index in [0.29, 0.717) is 30.9 Å². The van der Waals surface area contributed by atoms with E-state index in [0.717, 1.165) is 33.5 Å². The molecule has 0 bridgehead atoms. The van der Waals surface area contributed by atoms with Gasteiger partial charge in [0.15, 0.2) is 0 Å². The van der Waals surface area contributed by atoms with E-state index < -0.39 is 0 Å². The zero-order chi connectivity index (χ0) is 25.5. The maximum atomic E-state index is 12.3. The van der Waals surface area contributed by atoms with Crippen molar-refractivity contribution in [3.8, 4) is 11.3 Å². The molecule has 4 aromatic rings. The lowest BCUT2D eigenvalue weighted by Crippen LogP contribution is -2.18. The molecule has 0 spiro atoms. The number of nitrogens with one attached hydrogen (secondary N) is 3. The van der Waals surface area contributed by atoms with Crippen LogP contribution >= 0.6 is 0 Å².